The number of carbonyl (C=O) groups is 1. The molecule has 3 unspecified atom stereocenters. The van der Waals surface area contributed by atoms with E-state index < -0.39 is 0 Å². The maximum absolute atomic E-state index is 14.3. The second-order valence-electron chi connectivity index (χ2n) is 14.1. The molecule has 3 aromatic rings. The van der Waals surface area contributed by atoms with Gasteiger partial charge in [-0.2, -0.15) is 0 Å². The molecule has 2 aromatic heterocycles. The highest BCUT2D eigenvalue weighted by Gasteiger charge is 2.45. The summed E-state index contributed by atoms with van der Waals surface area (Å²) in [5, 5.41) is 10.1. The zero-order chi connectivity index (χ0) is 29.6. The van der Waals surface area contributed by atoms with Crippen LogP contribution in [0, 0.1) is 17.8 Å². The van der Waals surface area contributed by atoms with Gasteiger partial charge in [-0.05, 0) is 105 Å². The molecule has 4 saturated carbocycles. The maximum atomic E-state index is 14.3. The largest absolute Gasteiger partial charge is 0.448 e. The summed E-state index contributed by atoms with van der Waals surface area (Å²) in [5.41, 5.74) is 4.40. The molecule has 1 aromatic carbocycles. The van der Waals surface area contributed by atoms with E-state index >= 15 is 0 Å². The number of oxazole rings is 1. The predicted octanol–water partition coefficient (Wildman–Crippen LogP) is 7.10. The molecule has 228 valence electrons. The van der Waals surface area contributed by atoms with E-state index in [0.29, 0.717) is 30.6 Å². The number of aromatic nitrogens is 2. The van der Waals surface area contributed by atoms with Crippen molar-refractivity contribution in [2.24, 2.45) is 17.8 Å². The van der Waals surface area contributed by atoms with Crippen molar-refractivity contribution >= 4 is 17.4 Å². The Morgan fingerprint density at radius 3 is 2.60 bits per heavy atom. The van der Waals surface area contributed by atoms with Crippen LogP contribution in [0.2, 0.25) is 0 Å². The molecule has 7 heteroatoms. The molecule has 0 radical (unpaired) electrons. The minimum absolute atomic E-state index is 0.0316. The summed E-state index contributed by atoms with van der Waals surface area (Å²) < 4.78 is 5.80. The highest BCUT2D eigenvalue weighted by atomic mass is 16.3. The van der Waals surface area contributed by atoms with E-state index in [2.05, 4.69) is 52.4 Å². The van der Waals surface area contributed by atoms with Crippen molar-refractivity contribution in [3.05, 3.63) is 60.3 Å². The Morgan fingerprint density at radius 2 is 1.86 bits per heavy atom. The summed E-state index contributed by atoms with van der Waals surface area (Å²) in [5.74, 6) is 3.56. The number of anilines is 2. The molecule has 2 bridgehead atoms. The van der Waals surface area contributed by atoms with Gasteiger partial charge in [-0.25, -0.2) is 9.97 Å². The third-order valence-corrected chi connectivity index (χ3v) is 11.0. The van der Waals surface area contributed by atoms with Gasteiger partial charge < -0.3 is 19.3 Å². The van der Waals surface area contributed by atoms with Crippen LogP contribution in [0.4, 0.5) is 11.5 Å². The fourth-order valence-electron chi connectivity index (χ4n) is 8.22. The normalized spacial score (nSPS) is 28.8. The SMILES string of the molecule is CN(C)c1ccc(C23CCCC(C2)C(CN(c2cccc(-c4coc(C5CC5)n4)c2)C(=O)[C@H]2CC[C@H](O)CC2)CC3)cn1. The van der Waals surface area contributed by atoms with Gasteiger partial charge in [0.1, 0.15) is 17.8 Å². The molecule has 4 aliphatic rings. The lowest BCUT2D eigenvalue weighted by Crippen LogP contribution is -2.47. The Bertz CT molecular complexity index is 1420. The average molecular weight is 583 g/mol. The van der Waals surface area contributed by atoms with Gasteiger partial charge >= 0.3 is 0 Å². The van der Waals surface area contributed by atoms with Crippen molar-refractivity contribution in [3.63, 3.8) is 0 Å². The van der Waals surface area contributed by atoms with Crippen LogP contribution in [0.1, 0.15) is 94.4 Å². The first-order valence-corrected chi connectivity index (χ1v) is 16.6. The number of hydrogen-bond donors (Lipinski definition) is 1. The van der Waals surface area contributed by atoms with Crippen molar-refractivity contribution in [2.45, 2.75) is 94.5 Å². The van der Waals surface area contributed by atoms with Crippen LogP contribution in [-0.2, 0) is 10.2 Å². The van der Waals surface area contributed by atoms with Crippen molar-refractivity contribution in [3.8, 4) is 11.3 Å². The van der Waals surface area contributed by atoms with Gasteiger partial charge in [0.2, 0.25) is 5.91 Å². The molecule has 0 saturated heterocycles. The molecule has 0 aliphatic heterocycles. The number of carbonyl (C=O) groups excluding carboxylic acids is 1. The van der Waals surface area contributed by atoms with Crippen molar-refractivity contribution in [1.82, 2.24) is 9.97 Å². The number of aliphatic hydroxyl groups excluding tert-OH is 1. The van der Waals surface area contributed by atoms with Crippen LogP contribution in [0.3, 0.4) is 0 Å². The summed E-state index contributed by atoms with van der Waals surface area (Å²) in [6.45, 7) is 0.756. The van der Waals surface area contributed by atoms with Crippen LogP contribution in [-0.4, -0.2) is 47.7 Å². The molecule has 43 heavy (non-hydrogen) atoms. The fraction of sp³-hybridized carbons (Fsp3) is 0.583. The monoisotopic (exact) mass is 582 g/mol. The topological polar surface area (TPSA) is 82.7 Å². The van der Waals surface area contributed by atoms with Crippen LogP contribution < -0.4 is 9.80 Å². The van der Waals surface area contributed by atoms with E-state index in [1.807, 2.05) is 14.1 Å². The molecule has 7 rings (SSSR count). The Labute approximate surface area is 255 Å². The highest BCUT2D eigenvalue weighted by molar-refractivity contribution is 5.95. The first-order chi connectivity index (χ1) is 20.9. The number of hydrogen-bond acceptors (Lipinski definition) is 6. The average Bonchev–Trinajstić information content (AvgIpc) is 3.77. The second kappa shape index (κ2) is 11.7. The first kappa shape index (κ1) is 28.6. The third-order valence-electron chi connectivity index (χ3n) is 11.0. The number of pyridine rings is 1. The van der Waals surface area contributed by atoms with E-state index in [1.165, 1.54) is 31.2 Å². The third kappa shape index (κ3) is 5.85. The second-order valence-corrected chi connectivity index (χ2v) is 14.1. The quantitative estimate of drug-likeness (QED) is 0.305. The summed E-state index contributed by atoms with van der Waals surface area (Å²) in [6.07, 6.45) is 16.0. The van der Waals surface area contributed by atoms with Gasteiger partial charge in [-0.15, -0.1) is 0 Å². The van der Waals surface area contributed by atoms with Crippen LogP contribution in [0.25, 0.3) is 11.3 Å². The number of nitrogens with zero attached hydrogens (tertiary/aromatic N) is 4. The summed E-state index contributed by atoms with van der Waals surface area (Å²) in [7, 11) is 4.08. The number of amides is 1. The Hall–Kier alpha value is -3.19. The molecule has 4 fully saturated rings. The van der Waals surface area contributed by atoms with Crippen LogP contribution in [0.15, 0.2) is 53.3 Å². The van der Waals surface area contributed by atoms with Gasteiger partial charge in [-0.3, -0.25) is 4.79 Å². The minimum Gasteiger partial charge on any atom is -0.448 e. The summed E-state index contributed by atoms with van der Waals surface area (Å²) in [4.78, 5) is 28.0. The Morgan fingerprint density at radius 1 is 1.02 bits per heavy atom. The molecule has 1 N–H and O–H groups in total. The maximum Gasteiger partial charge on any atom is 0.230 e. The van der Waals surface area contributed by atoms with E-state index in [9.17, 15) is 9.90 Å². The van der Waals surface area contributed by atoms with Crippen molar-refractivity contribution in [2.75, 3.05) is 30.4 Å². The van der Waals surface area contributed by atoms with Gasteiger partial charge in [0, 0.05) is 49.9 Å². The number of aliphatic hydroxyl groups is 1. The molecule has 3 atom stereocenters. The van der Waals surface area contributed by atoms with Crippen molar-refractivity contribution < 1.29 is 14.3 Å². The Kier molecular flexibility index (Phi) is 7.79. The van der Waals surface area contributed by atoms with Gasteiger partial charge in [0.15, 0.2) is 5.89 Å². The minimum atomic E-state index is -0.274. The molecule has 4 aliphatic carbocycles. The smallest absolute Gasteiger partial charge is 0.230 e. The summed E-state index contributed by atoms with van der Waals surface area (Å²) in [6, 6.07) is 12.8. The standard InChI is InChI=1S/C36H46N4O3/c1-39(2)33-15-12-29(21-37-33)36-17-4-6-27(20-36)28(16-18-36)22-40(35(42)25-10-13-31(41)14-11-25)30-7-3-5-26(19-30)32-23-43-34(38-32)24-8-9-24/h3,5,7,12,15,19,21,23-25,27-28,31,41H,4,6,8-11,13-14,16-18,20,22H2,1-2H3/t25-,27?,28?,31-,36?. The molecule has 0 spiro atoms. The lowest BCUT2D eigenvalue weighted by molar-refractivity contribution is -0.124. The number of rotatable bonds is 8. The lowest BCUT2D eigenvalue weighted by Gasteiger charge is -2.50. The predicted molar refractivity (Wildman–Crippen MR) is 169 cm³/mol. The van der Waals surface area contributed by atoms with Gasteiger partial charge in [0.05, 0.1) is 6.10 Å². The molecule has 2 heterocycles. The van der Waals surface area contributed by atoms with E-state index in [-0.39, 0.29) is 23.3 Å². The lowest BCUT2D eigenvalue weighted by atomic mass is 9.56. The van der Waals surface area contributed by atoms with Crippen LogP contribution in [0.5, 0.6) is 0 Å². The van der Waals surface area contributed by atoms with E-state index in [0.717, 1.165) is 73.7 Å². The number of benzene rings is 1. The number of fused-ring (bicyclic) bond motifs is 2. The van der Waals surface area contributed by atoms with Crippen LogP contribution >= 0.6 is 0 Å². The molecule has 7 nitrogen and oxygen atoms in total. The Balaban J connectivity index is 1.14. The van der Waals surface area contributed by atoms with Gasteiger partial charge in [0.25, 0.3) is 0 Å². The zero-order valence-corrected chi connectivity index (χ0v) is 25.8. The molecular formula is C36H46N4O3. The highest BCUT2D eigenvalue weighted by Crippen LogP contribution is 2.53. The zero-order valence-electron chi connectivity index (χ0n) is 25.8. The van der Waals surface area contributed by atoms with E-state index in [1.54, 1.807) is 6.26 Å². The summed E-state index contributed by atoms with van der Waals surface area (Å²) >= 11 is 0. The fourth-order valence-corrected chi connectivity index (χ4v) is 8.22. The van der Waals surface area contributed by atoms with Crippen molar-refractivity contribution in [1.29, 1.82) is 0 Å². The molecule has 1 amide bonds. The molecular weight excluding hydrogens is 536 g/mol. The van der Waals surface area contributed by atoms with Gasteiger partial charge in [-0.1, -0.05) is 31.0 Å². The van der Waals surface area contributed by atoms with E-state index in [4.69, 9.17) is 14.4 Å². The first-order valence-electron chi connectivity index (χ1n) is 16.6.